The number of carbonyl (C=O) groups is 3. The lowest BCUT2D eigenvalue weighted by Gasteiger charge is -2.69. The van der Waals surface area contributed by atoms with E-state index in [4.69, 9.17) is 5.73 Å². The van der Waals surface area contributed by atoms with Crippen LogP contribution in [-0.4, -0.2) is 17.5 Å². The normalized spacial score (nSPS) is 49.3. The molecular formula is C31H42N2O3. The third-order valence-electron chi connectivity index (χ3n) is 12.7. The summed E-state index contributed by atoms with van der Waals surface area (Å²) in [6.07, 6.45) is 10.0. The summed E-state index contributed by atoms with van der Waals surface area (Å²) >= 11 is 0. The van der Waals surface area contributed by atoms with E-state index in [0.29, 0.717) is 6.42 Å². The zero-order valence-electron chi connectivity index (χ0n) is 23.1. The molecule has 3 fully saturated rings. The highest BCUT2D eigenvalue weighted by molar-refractivity contribution is 6.04. The molecule has 36 heavy (non-hydrogen) atoms. The van der Waals surface area contributed by atoms with Crippen LogP contribution in [0.25, 0.3) is 0 Å². The molecular weight excluding hydrogens is 448 g/mol. The van der Waals surface area contributed by atoms with Crippen LogP contribution in [0.4, 0.5) is 0 Å². The zero-order chi connectivity index (χ0) is 26.7. The third-order valence-corrected chi connectivity index (χ3v) is 12.7. The van der Waals surface area contributed by atoms with E-state index < -0.39 is 16.2 Å². The Morgan fingerprint density at radius 2 is 1.64 bits per heavy atom. The van der Waals surface area contributed by atoms with Crippen molar-refractivity contribution < 1.29 is 14.4 Å². The van der Waals surface area contributed by atoms with Crippen molar-refractivity contribution in [3.05, 3.63) is 23.3 Å². The van der Waals surface area contributed by atoms with Crippen LogP contribution in [-0.2, 0) is 14.4 Å². The van der Waals surface area contributed by atoms with E-state index >= 15 is 0 Å². The standard InChI is InChI=1S/C31H42N2O3/c1-26(2)21-8-9-30(6)22(29(21,5)15-18(17-32)24(26)35)14-20(34)23-19-16-28(4,25(33)36)11-10-27(19,3)12-13-31(23,30)7/h14-15,19,21,23H,8-13,16H2,1-7H3,(H2,33,36)/t19-,21-,23?,27+,28-,29-,30+,31+/m0/s1. The second-order valence-corrected chi connectivity index (χ2v) is 14.7. The summed E-state index contributed by atoms with van der Waals surface area (Å²) in [5, 5.41) is 9.84. The van der Waals surface area contributed by atoms with Crippen molar-refractivity contribution in [3.8, 4) is 6.07 Å². The summed E-state index contributed by atoms with van der Waals surface area (Å²) in [6.45, 7) is 15.1. The van der Waals surface area contributed by atoms with Gasteiger partial charge in [0, 0.05) is 22.2 Å². The van der Waals surface area contributed by atoms with Crippen LogP contribution in [0.1, 0.15) is 93.4 Å². The lowest BCUT2D eigenvalue weighted by atomic mass is 9.34. The molecule has 0 aromatic carbocycles. The van der Waals surface area contributed by atoms with E-state index in [0.717, 1.165) is 44.1 Å². The molecule has 5 aliphatic rings. The fourth-order valence-electron chi connectivity index (χ4n) is 9.94. The molecule has 0 heterocycles. The number of fused-ring (bicyclic) bond motifs is 7. The number of amides is 1. The summed E-state index contributed by atoms with van der Waals surface area (Å²) in [5.41, 5.74) is 5.03. The summed E-state index contributed by atoms with van der Waals surface area (Å²) in [6, 6.07) is 2.17. The quantitative estimate of drug-likeness (QED) is 0.510. The van der Waals surface area contributed by atoms with E-state index in [9.17, 15) is 19.6 Å². The van der Waals surface area contributed by atoms with Crippen LogP contribution in [0.3, 0.4) is 0 Å². The number of hydrogen-bond donors (Lipinski definition) is 1. The Labute approximate surface area is 215 Å². The SMILES string of the molecule is CC1(C)C(=O)C(C#N)=C[C@]2(C)C3=CC(=O)C4[C@@H]5C[C@@](C)(C(N)=O)CC[C@]5(C)CC[C@@]4(C)[C@]3(C)CC[C@@H]12. The minimum absolute atomic E-state index is 0.0325. The molecule has 2 N–H and O–H groups in total. The number of nitrogens with zero attached hydrogens (tertiary/aromatic N) is 1. The van der Waals surface area contributed by atoms with E-state index in [-0.39, 0.29) is 57.0 Å². The lowest BCUT2D eigenvalue weighted by molar-refractivity contribution is -0.171. The second kappa shape index (κ2) is 7.21. The van der Waals surface area contributed by atoms with Gasteiger partial charge in [-0.25, -0.2) is 0 Å². The van der Waals surface area contributed by atoms with Gasteiger partial charge in [-0.15, -0.1) is 0 Å². The molecule has 0 aromatic rings. The fourth-order valence-corrected chi connectivity index (χ4v) is 9.94. The number of allylic oxidation sites excluding steroid dienone is 4. The van der Waals surface area contributed by atoms with E-state index in [1.807, 2.05) is 32.9 Å². The van der Waals surface area contributed by atoms with E-state index in [1.165, 1.54) is 0 Å². The van der Waals surface area contributed by atoms with Crippen molar-refractivity contribution >= 4 is 17.5 Å². The topological polar surface area (TPSA) is 101 Å². The van der Waals surface area contributed by atoms with Gasteiger partial charge in [-0.1, -0.05) is 60.1 Å². The Morgan fingerprint density at radius 3 is 2.25 bits per heavy atom. The van der Waals surface area contributed by atoms with Gasteiger partial charge < -0.3 is 5.73 Å². The summed E-state index contributed by atoms with van der Waals surface area (Å²) in [5.74, 6) is -0.156. The highest BCUT2D eigenvalue weighted by Gasteiger charge is 2.69. The maximum Gasteiger partial charge on any atom is 0.223 e. The molecule has 5 nitrogen and oxygen atoms in total. The maximum absolute atomic E-state index is 14.3. The van der Waals surface area contributed by atoms with E-state index in [1.54, 1.807) is 0 Å². The molecule has 0 spiro atoms. The minimum atomic E-state index is -0.657. The molecule has 5 rings (SSSR count). The van der Waals surface area contributed by atoms with Gasteiger partial charge in [0.25, 0.3) is 0 Å². The van der Waals surface area contributed by atoms with Gasteiger partial charge >= 0.3 is 0 Å². The smallest absolute Gasteiger partial charge is 0.223 e. The van der Waals surface area contributed by atoms with E-state index in [2.05, 4.69) is 33.8 Å². The first-order valence-electron chi connectivity index (χ1n) is 13.7. The number of hydrogen-bond acceptors (Lipinski definition) is 4. The third kappa shape index (κ3) is 2.85. The van der Waals surface area contributed by atoms with Gasteiger partial charge in [0.05, 0.1) is 5.57 Å². The van der Waals surface area contributed by atoms with Gasteiger partial charge in [0.1, 0.15) is 6.07 Å². The summed E-state index contributed by atoms with van der Waals surface area (Å²) in [4.78, 5) is 39.9. The summed E-state index contributed by atoms with van der Waals surface area (Å²) in [7, 11) is 0. The van der Waals surface area contributed by atoms with Crippen molar-refractivity contribution in [2.75, 3.05) is 0 Å². The first-order valence-corrected chi connectivity index (χ1v) is 13.7. The van der Waals surface area contributed by atoms with Gasteiger partial charge in [0.2, 0.25) is 5.91 Å². The van der Waals surface area contributed by atoms with Gasteiger partial charge in [-0.2, -0.15) is 5.26 Å². The monoisotopic (exact) mass is 490 g/mol. The number of nitrogens with two attached hydrogens (primary N) is 1. The molecule has 0 aromatic heterocycles. The Bertz CT molecular complexity index is 1190. The first-order chi connectivity index (χ1) is 16.5. The first kappa shape index (κ1) is 25.4. The molecule has 1 amide bonds. The Morgan fingerprint density at radius 1 is 1.00 bits per heavy atom. The molecule has 1 unspecified atom stereocenters. The minimum Gasteiger partial charge on any atom is -0.369 e. The number of nitriles is 1. The van der Waals surface area contributed by atoms with Crippen LogP contribution >= 0.6 is 0 Å². The number of ketones is 2. The Kier molecular flexibility index (Phi) is 5.09. The Hall–Kier alpha value is -2.22. The highest BCUT2D eigenvalue weighted by atomic mass is 16.1. The number of carbonyl (C=O) groups excluding carboxylic acids is 3. The van der Waals surface area contributed by atoms with Crippen LogP contribution < -0.4 is 5.73 Å². The van der Waals surface area contributed by atoms with Crippen molar-refractivity contribution in [2.24, 2.45) is 56.0 Å². The van der Waals surface area contributed by atoms with Crippen LogP contribution in [0, 0.1) is 61.6 Å². The number of Topliss-reactive ketones (excluding diaryl/α,β-unsaturated/α-hetero) is 1. The van der Waals surface area contributed by atoms with Gasteiger partial charge in [-0.05, 0) is 79.1 Å². The average molecular weight is 491 g/mol. The van der Waals surface area contributed by atoms with Crippen LogP contribution in [0.2, 0.25) is 0 Å². The van der Waals surface area contributed by atoms with Crippen molar-refractivity contribution in [1.82, 2.24) is 0 Å². The number of primary amides is 1. The lowest BCUT2D eigenvalue weighted by Crippen LogP contribution is -2.64. The molecule has 0 radical (unpaired) electrons. The molecule has 0 bridgehead atoms. The summed E-state index contributed by atoms with van der Waals surface area (Å²) < 4.78 is 0. The fraction of sp³-hybridized carbons (Fsp3) is 0.742. The van der Waals surface area contributed by atoms with Crippen molar-refractivity contribution in [2.45, 2.75) is 93.4 Å². The van der Waals surface area contributed by atoms with Crippen molar-refractivity contribution in [1.29, 1.82) is 5.26 Å². The average Bonchev–Trinajstić information content (AvgIpc) is 2.79. The zero-order valence-corrected chi connectivity index (χ0v) is 23.1. The molecule has 5 heteroatoms. The molecule has 194 valence electrons. The second-order valence-electron chi connectivity index (χ2n) is 14.7. The molecule has 5 aliphatic carbocycles. The maximum atomic E-state index is 14.3. The Balaban J connectivity index is 1.68. The molecule has 0 saturated heterocycles. The van der Waals surface area contributed by atoms with Crippen LogP contribution in [0.5, 0.6) is 0 Å². The predicted molar refractivity (Wildman–Crippen MR) is 138 cm³/mol. The van der Waals surface area contributed by atoms with Gasteiger partial charge in [0.15, 0.2) is 11.6 Å². The highest BCUT2D eigenvalue weighted by Crippen LogP contribution is 2.74. The van der Waals surface area contributed by atoms with Crippen LogP contribution in [0.15, 0.2) is 23.3 Å². The largest absolute Gasteiger partial charge is 0.369 e. The number of rotatable bonds is 1. The predicted octanol–water partition coefficient (Wildman–Crippen LogP) is 5.69. The molecule has 8 atom stereocenters. The van der Waals surface area contributed by atoms with Gasteiger partial charge in [-0.3, -0.25) is 14.4 Å². The molecule has 0 aliphatic heterocycles. The molecule has 3 saturated carbocycles. The van der Waals surface area contributed by atoms with Crippen molar-refractivity contribution in [3.63, 3.8) is 0 Å².